The monoisotopic (exact) mass is 469 g/mol. The maximum absolute atomic E-state index is 12.7. The van der Waals surface area contributed by atoms with Crippen LogP contribution in [-0.4, -0.2) is 21.1 Å². The van der Waals surface area contributed by atoms with Crippen LogP contribution in [-0.2, 0) is 17.1 Å². The normalized spacial score (nSPS) is 12.1. The maximum Gasteiger partial charge on any atom is 0.260 e. The predicted octanol–water partition coefficient (Wildman–Crippen LogP) is 5.24. The van der Waals surface area contributed by atoms with Crippen LogP contribution < -0.4 is 10.9 Å². The second-order valence-electron chi connectivity index (χ2n) is 6.97. The third-order valence-electron chi connectivity index (χ3n) is 4.83. The number of benzene rings is 2. The molecule has 2 aromatic carbocycles. The molecule has 5 nitrogen and oxygen atoms in total. The van der Waals surface area contributed by atoms with Crippen molar-refractivity contribution >= 4 is 50.8 Å². The van der Waals surface area contributed by atoms with Crippen molar-refractivity contribution in [3.63, 3.8) is 0 Å². The van der Waals surface area contributed by atoms with Crippen LogP contribution in [0.15, 0.2) is 64.8 Å². The smallest absolute Gasteiger partial charge is 0.260 e. The van der Waals surface area contributed by atoms with E-state index in [1.807, 2.05) is 60.8 Å². The molecule has 0 spiro atoms. The number of aromatic amines is 1. The van der Waals surface area contributed by atoms with Crippen molar-refractivity contribution in [2.75, 3.05) is 0 Å². The number of thiophene rings is 1. The van der Waals surface area contributed by atoms with E-state index in [4.69, 9.17) is 11.6 Å². The van der Waals surface area contributed by atoms with Crippen LogP contribution in [0.25, 0.3) is 21.3 Å². The standard InChI is InChI=1S/C23H20ClN3O2S2/c1-14(21(28)25-11-16-9-5-6-10-18(16)24)30-13-19-26-22(29)20-17(12-31-23(20)27-19)15-7-3-2-4-8-15/h2-10,12,14H,11,13H2,1H3,(H,25,28)(H,26,27,29)/t14-/m1/s1. The minimum Gasteiger partial charge on any atom is -0.351 e. The molecule has 1 atom stereocenters. The highest BCUT2D eigenvalue weighted by atomic mass is 35.5. The summed E-state index contributed by atoms with van der Waals surface area (Å²) in [5.41, 5.74) is 2.60. The van der Waals surface area contributed by atoms with Gasteiger partial charge in [0.2, 0.25) is 5.91 Å². The zero-order chi connectivity index (χ0) is 21.8. The highest BCUT2D eigenvalue weighted by molar-refractivity contribution is 7.99. The maximum atomic E-state index is 12.7. The Morgan fingerprint density at radius 3 is 2.71 bits per heavy atom. The molecule has 1 amide bonds. The molecule has 2 aromatic heterocycles. The predicted molar refractivity (Wildman–Crippen MR) is 130 cm³/mol. The SMILES string of the molecule is C[C@@H](SCc1nc2scc(-c3ccccc3)c2c(=O)[nH]1)C(=O)NCc1ccccc1Cl. The van der Waals surface area contributed by atoms with Gasteiger partial charge in [0.15, 0.2) is 0 Å². The number of hydrogen-bond acceptors (Lipinski definition) is 5. The Morgan fingerprint density at radius 2 is 1.94 bits per heavy atom. The van der Waals surface area contributed by atoms with Gasteiger partial charge in [0.05, 0.1) is 16.4 Å². The first-order chi connectivity index (χ1) is 15.0. The molecule has 0 bridgehead atoms. The lowest BCUT2D eigenvalue weighted by Gasteiger charge is -2.12. The van der Waals surface area contributed by atoms with Crippen LogP contribution in [0.5, 0.6) is 0 Å². The number of amides is 1. The summed E-state index contributed by atoms with van der Waals surface area (Å²) >= 11 is 9.01. The molecule has 0 aliphatic carbocycles. The fourth-order valence-electron chi connectivity index (χ4n) is 3.14. The number of nitrogens with zero attached hydrogens (tertiary/aromatic N) is 1. The summed E-state index contributed by atoms with van der Waals surface area (Å²) in [5, 5.41) is 5.80. The van der Waals surface area contributed by atoms with Gasteiger partial charge < -0.3 is 10.3 Å². The minimum absolute atomic E-state index is 0.0872. The van der Waals surface area contributed by atoms with Crippen molar-refractivity contribution in [3.8, 4) is 11.1 Å². The van der Waals surface area contributed by atoms with Crippen LogP contribution in [0.1, 0.15) is 18.3 Å². The summed E-state index contributed by atoms with van der Waals surface area (Å²) in [4.78, 5) is 33.3. The number of nitrogens with one attached hydrogen (secondary N) is 2. The molecule has 0 saturated heterocycles. The molecule has 0 aliphatic rings. The van der Waals surface area contributed by atoms with Gasteiger partial charge in [-0.1, -0.05) is 60.1 Å². The van der Waals surface area contributed by atoms with Gasteiger partial charge >= 0.3 is 0 Å². The van der Waals surface area contributed by atoms with Gasteiger partial charge in [-0.3, -0.25) is 9.59 Å². The van der Waals surface area contributed by atoms with Crippen molar-refractivity contribution < 1.29 is 4.79 Å². The number of carbonyl (C=O) groups excluding carboxylic acids is 1. The molecule has 8 heteroatoms. The first-order valence-corrected chi connectivity index (χ1v) is 12.0. The van der Waals surface area contributed by atoms with Gasteiger partial charge in [0.1, 0.15) is 10.7 Å². The van der Waals surface area contributed by atoms with E-state index >= 15 is 0 Å². The molecule has 2 N–H and O–H groups in total. The molecule has 0 fully saturated rings. The Kier molecular flexibility index (Phi) is 6.75. The summed E-state index contributed by atoms with van der Waals surface area (Å²) in [6.07, 6.45) is 0. The zero-order valence-electron chi connectivity index (χ0n) is 16.7. The quantitative estimate of drug-likeness (QED) is 0.388. The fourth-order valence-corrected chi connectivity index (χ4v) is 5.09. The number of fused-ring (bicyclic) bond motifs is 1. The molecular weight excluding hydrogens is 450 g/mol. The molecule has 0 unspecified atom stereocenters. The fraction of sp³-hybridized carbons (Fsp3) is 0.174. The summed E-state index contributed by atoms with van der Waals surface area (Å²) in [6.45, 7) is 2.21. The van der Waals surface area contributed by atoms with Crippen LogP contribution in [0.3, 0.4) is 0 Å². The van der Waals surface area contributed by atoms with E-state index in [1.165, 1.54) is 23.1 Å². The average molecular weight is 470 g/mol. The number of H-pyrrole nitrogens is 1. The van der Waals surface area contributed by atoms with Crippen molar-refractivity contribution in [1.29, 1.82) is 0 Å². The highest BCUT2D eigenvalue weighted by Crippen LogP contribution is 2.30. The van der Waals surface area contributed by atoms with Crippen molar-refractivity contribution in [2.24, 2.45) is 0 Å². The number of thioether (sulfide) groups is 1. The molecule has 4 aromatic rings. The van der Waals surface area contributed by atoms with E-state index in [9.17, 15) is 9.59 Å². The van der Waals surface area contributed by atoms with E-state index in [-0.39, 0.29) is 16.7 Å². The molecule has 0 aliphatic heterocycles. The van der Waals surface area contributed by atoms with Crippen molar-refractivity contribution in [1.82, 2.24) is 15.3 Å². The molecule has 0 saturated carbocycles. The number of hydrogen-bond donors (Lipinski definition) is 2. The van der Waals surface area contributed by atoms with Crippen molar-refractivity contribution in [3.05, 3.63) is 86.7 Å². The topological polar surface area (TPSA) is 74.8 Å². The molecule has 0 radical (unpaired) electrons. The van der Waals surface area contributed by atoms with E-state index < -0.39 is 0 Å². The lowest BCUT2D eigenvalue weighted by Crippen LogP contribution is -2.30. The first kappa shape index (κ1) is 21.6. The van der Waals surface area contributed by atoms with E-state index in [1.54, 1.807) is 6.07 Å². The Hall–Kier alpha value is -2.61. The highest BCUT2D eigenvalue weighted by Gasteiger charge is 2.16. The van der Waals surface area contributed by atoms with Crippen LogP contribution >= 0.6 is 34.7 Å². The van der Waals surface area contributed by atoms with Gasteiger partial charge in [-0.15, -0.1) is 23.1 Å². The lowest BCUT2D eigenvalue weighted by molar-refractivity contribution is -0.120. The Bertz CT molecular complexity index is 1270. The first-order valence-electron chi connectivity index (χ1n) is 9.71. The van der Waals surface area contributed by atoms with Crippen LogP contribution in [0.4, 0.5) is 0 Å². The minimum atomic E-state index is -0.299. The molecule has 4 rings (SSSR count). The largest absolute Gasteiger partial charge is 0.351 e. The van der Waals surface area contributed by atoms with E-state index in [0.29, 0.717) is 33.4 Å². The van der Waals surface area contributed by atoms with Gasteiger partial charge in [-0.25, -0.2) is 4.98 Å². The van der Waals surface area contributed by atoms with E-state index in [0.717, 1.165) is 16.7 Å². The second kappa shape index (κ2) is 9.68. The van der Waals surface area contributed by atoms with Gasteiger partial charge in [-0.2, -0.15) is 0 Å². The van der Waals surface area contributed by atoms with Gasteiger partial charge in [0.25, 0.3) is 5.56 Å². The van der Waals surface area contributed by atoms with Gasteiger partial charge in [-0.05, 0) is 24.1 Å². The number of aromatic nitrogens is 2. The summed E-state index contributed by atoms with van der Waals surface area (Å²) < 4.78 is 0. The Balaban J connectivity index is 1.41. The van der Waals surface area contributed by atoms with E-state index in [2.05, 4.69) is 15.3 Å². The van der Waals surface area contributed by atoms with Crippen molar-refractivity contribution in [2.45, 2.75) is 24.5 Å². The second-order valence-corrected chi connectivity index (χ2v) is 9.57. The lowest BCUT2D eigenvalue weighted by atomic mass is 10.1. The summed E-state index contributed by atoms with van der Waals surface area (Å²) in [5.74, 6) is 0.912. The molecule has 31 heavy (non-hydrogen) atoms. The average Bonchev–Trinajstić information content (AvgIpc) is 3.22. The Morgan fingerprint density at radius 1 is 1.19 bits per heavy atom. The number of rotatable bonds is 7. The Labute approximate surface area is 192 Å². The third kappa shape index (κ3) is 5.01. The molecular formula is C23H20ClN3O2S2. The number of carbonyl (C=O) groups is 1. The number of halogens is 1. The summed E-state index contributed by atoms with van der Waals surface area (Å²) in [6, 6.07) is 17.2. The zero-order valence-corrected chi connectivity index (χ0v) is 19.1. The molecule has 158 valence electrons. The van der Waals surface area contributed by atoms with Gasteiger partial charge in [0, 0.05) is 22.5 Å². The van der Waals surface area contributed by atoms with Crippen LogP contribution in [0.2, 0.25) is 5.02 Å². The summed E-state index contributed by atoms with van der Waals surface area (Å²) in [7, 11) is 0. The molecule has 2 heterocycles. The van der Waals surface area contributed by atoms with Crippen LogP contribution in [0, 0.1) is 0 Å². The third-order valence-corrected chi connectivity index (χ3v) is 7.22.